The van der Waals surface area contributed by atoms with Crippen LogP contribution in [0.5, 0.6) is 0 Å². The quantitative estimate of drug-likeness (QED) is 0.313. The van der Waals surface area contributed by atoms with Gasteiger partial charge >= 0.3 is 11.8 Å². The van der Waals surface area contributed by atoms with Gasteiger partial charge in [0, 0.05) is 24.1 Å². The average Bonchev–Trinajstić information content (AvgIpc) is 3.43. The van der Waals surface area contributed by atoms with Crippen LogP contribution < -0.4 is 16.7 Å². The number of hydrogen-bond donors (Lipinski definition) is 1. The van der Waals surface area contributed by atoms with Crippen LogP contribution in [0.1, 0.15) is 57.9 Å². The number of thiophene rings is 1. The molecule has 0 bridgehead atoms. The highest BCUT2D eigenvalue weighted by Crippen LogP contribution is 2.30. The molecule has 11 nitrogen and oxygen atoms in total. The number of nitrogens with zero attached hydrogens (tertiary/aromatic N) is 3. The fourth-order valence-electron chi connectivity index (χ4n) is 4.04. The number of carbonyl (C=O) groups is 2. The Bertz CT molecular complexity index is 1280. The highest BCUT2D eigenvalue weighted by molar-refractivity contribution is 7.18. The Morgan fingerprint density at radius 1 is 1.24 bits per heavy atom. The van der Waals surface area contributed by atoms with Gasteiger partial charge in [0.25, 0.3) is 11.5 Å². The summed E-state index contributed by atoms with van der Waals surface area (Å²) >= 11 is 1.25. The van der Waals surface area contributed by atoms with Crippen molar-refractivity contribution in [1.82, 2.24) is 19.6 Å². The molecule has 1 atom stereocenters. The van der Waals surface area contributed by atoms with E-state index in [0.717, 1.165) is 17.9 Å². The van der Waals surface area contributed by atoms with Gasteiger partial charge < -0.3 is 14.2 Å². The lowest BCUT2D eigenvalue weighted by Gasteiger charge is -2.25. The standard InChI is InChI=1S/C25H36N4O7S/c1-7-27-21(31)20-16(3)18(37-22(20)28(24(27)33)14-17-10-9-12-35-17)15-29(19(30)11-13-34-8-2)26-23(32)36-25(4,5)6/h11,13,17H,7-10,12,14-15H2,1-6H3,(H,26,32)/b13-11+. The second kappa shape index (κ2) is 12.0. The van der Waals surface area contributed by atoms with Crippen LogP contribution in [0.15, 0.2) is 21.9 Å². The molecular weight excluding hydrogens is 500 g/mol. The van der Waals surface area contributed by atoms with Gasteiger partial charge in [0.15, 0.2) is 0 Å². The van der Waals surface area contributed by atoms with E-state index < -0.39 is 17.6 Å². The highest BCUT2D eigenvalue weighted by Gasteiger charge is 2.26. The maximum absolute atomic E-state index is 13.3. The number of aryl methyl sites for hydroxylation is 1. The van der Waals surface area contributed by atoms with Gasteiger partial charge in [0.2, 0.25) is 0 Å². The van der Waals surface area contributed by atoms with Gasteiger partial charge in [-0.15, -0.1) is 11.3 Å². The molecule has 2 aromatic rings. The van der Waals surface area contributed by atoms with Gasteiger partial charge in [-0.3, -0.25) is 18.7 Å². The van der Waals surface area contributed by atoms with Crippen molar-refractivity contribution in [2.45, 2.75) is 85.7 Å². The fraction of sp³-hybridized carbons (Fsp3) is 0.600. The van der Waals surface area contributed by atoms with Crippen molar-refractivity contribution in [3.63, 3.8) is 0 Å². The Morgan fingerprint density at radius 3 is 2.57 bits per heavy atom. The molecule has 0 radical (unpaired) electrons. The molecule has 1 saturated heterocycles. The predicted molar refractivity (Wildman–Crippen MR) is 140 cm³/mol. The summed E-state index contributed by atoms with van der Waals surface area (Å²) in [6.07, 6.45) is 3.31. The molecule has 3 rings (SSSR count). The number of hydrogen-bond acceptors (Lipinski definition) is 8. The largest absolute Gasteiger partial charge is 0.501 e. The average molecular weight is 537 g/mol. The molecule has 0 spiro atoms. The summed E-state index contributed by atoms with van der Waals surface area (Å²) in [5.74, 6) is -0.543. The molecule has 37 heavy (non-hydrogen) atoms. The van der Waals surface area contributed by atoms with E-state index in [1.165, 1.54) is 28.2 Å². The van der Waals surface area contributed by atoms with Crippen molar-refractivity contribution < 1.29 is 23.8 Å². The Kier molecular flexibility index (Phi) is 9.19. The van der Waals surface area contributed by atoms with Crippen LogP contribution >= 0.6 is 11.3 Å². The monoisotopic (exact) mass is 536 g/mol. The van der Waals surface area contributed by atoms with Crippen LogP contribution in [0.2, 0.25) is 0 Å². The number of carbonyl (C=O) groups excluding carboxylic acids is 2. The molecule has 1 aliphatic heterocycles. The number of ether oxygens (including phenoxy) is 3. The van der Waals surface area contributed by atoms with Crippen molar-refractivity contribution in [3.05, 3.63) is 43.6 Å². The molecule has 0 aromatic carbocycles. The van der Waals surface area contributed by atoms with E-state index in [1.54, 1.807) is 46.1 Å². The second-order valence-corrected chi connectivity index (χ2v) is 10.8. The minimum atomic E-state index is -0.798. The fourth-order valence-corrected chi connectivity index (χ4v) is 5.33. The normalized spacial score (nSPS) is 15.9. The van der Waals surface area contributed by atoms with Crippen LogP contribution in [0, 0.1) is 6.92 Å². The maximum atomic E-state index is 13.3. The summed E-state index contributed by atoms with van der Waals surface area (Å²) in [6.45, 7) is 12.0. The molecule has 3 heterocycles. The van der Waals surface area contributed by atoms with Crippen LogP contribution in [-0.4, -0.2) is 51.1 Å². The third-order valence-corrected chi connectivity index (χ3v) is 7.09. The number of rotatable bonds is 8. The molecule has 1 aliphatic rings. The molecular formula is C25H36N4O7S. The molecule has 12 heteroatoms. The first-order valence-electron chi connectivity index (χ1n) is 12.4. The lowest BCUT2D eigenvalue weighted by atomic mass is 10.2. The Hall–Kier alpha value is -3.12. The SMILES string of the molecule is CCO/C=C/C(=O)N(Cc1sc2c(c1C)c(=O)n(CC)c(=O)n2CC1CCCO1)NC(=O)OC(C)(C)C. The number of hydrazine groups is 1. The third kappa shape index (κ3) is 6.80. The zero-order valence-corrected chi connectivity index (χ0v) is 23.1. The molecule has 0 aliphatic carbocycles. The summed E-state index contributed by atoms with van der Waals surface area (Å²) in [7, 11) is 0. The third-order valence-electron chi connectivity index (χ3n) is 5.79. The van der Waals surface area contributed by atoms with Crippen molar-refractivity contribution >= 4 is 33.6 Å². The van der Waals surface area contributed by atoms with E-state index in [2.05, 4.69) is 5.43 Å². The van der Waals surface area contributed by atoms with Crippen molar-refractivity contribution in [1.29, 1.82) is 0 Å². The number of aromatic nitrogens is 2. The van der Waals surface area contributed by atoms with Crippen LogP contribution in [0.3, 0.4) is 0 Å². The zero-order valence-electron chi connectivity index (χ0n) is 22.3. The molecule has 1 unspecified atom stereocenters. The first-order valence-corrected chi connectivity index (χ1v) is 13.2. The van der Waals surface area contributed by atoms with E-state index in [0.29, 0.717) is 40.4 Å². The lowest BCUT2D eigenvalue weighted by Crippen LogP contribution is -2.47. The maximum Gasteiger partial charge on any atom is 0.426 e. The molecule has 1 N–H and O–H groups in total. The molecule has 0 saturated carbocycles. The topological polar surface area (TPSA) is 121 Å². The van der Waals surface area contributed by atoms with Gasteiger partial charge in [-0.2, -0.15) is 0 Å². The van der Waals surface area contributed by atoms with E-state index in [1.807, 2.05) is 0 Å². The second-order valence-electron chi connectivity index (χ2n) is 9.70. The summed E-state index contributed by atoms with van der Waals surface area (Å²) in [5.41, 5.74) is 1.61. The van der Waals surface area contributed by atoms with E-state index in [-0.39, 0.29) is 30.4 Å². The minimum absolute atomic E-state index is 0.0423. The number of nitrogens with one attached hydrogen (secondary N) is 1. The summed E-state index contributed by atoms with van der Waals surface area (Å²) in [4.78, 5) is 53.1. The first-order chi connectivity index (χ1) is 17.5. The van der Waals surface area contributed by atoms with E-state index >= 15 is 0 Å². The molecule has 2 aromatic heterocycles. The Labute approximate surface area is 219 Å². The van der Waals surface area contributed by atoms with Gasteiger partial charge in [0.1, 0.15) is 10.4 Å². The van der Waals surface area contributed by atoms with Crippen LogP contribution in [-0.2, 0) is 38.6 Å². The molecule has 204 valence electrons. The Balaban J connectivity index is 2.05. The van der Waals surface area contributed by atoms with E-state index in [9.17, 15) is 19.2 Å². The number of amides is 2. The van der Waals surface area contributed by atoms with Crippen LogP contribution in [0.4, 0.5) is 4.79 Å². The zero-order chi connectivity index (χ0) is 27.3. The van der Waals surface area contributed by atoms with E-state index in [4.69, 9.17) is 14.2 Å². The molecule has 2 amide bonds. The van der Waals surface area contributed by atoms with Gasteiger partial charge in [-0.1, -0.05) is 0 Å². The predicted octanol–water partition coefficient (Wildman–Crippen LogP) is 3.05. The van der Waals surface area contributed by atoms with Gasteiger partial charge in [-0.25, -0.2) is 20.0 Å². The smallest absolute Gasteiger partial charge is 0.426 e. The molecule has 1 fully saturated rings. The van der Waals surface area contributed by atoms with Gasteiger partial charge in [0.05, 0.1) is 37.4 Å². The summed E-state index contributed by atoms with van der Waals surface area (Å²) < 4.78 is 19.0. The minimum Gasteiger partial charge on any atom is -0.501 e. The van der Waals surface area contributed by atoms with Crippen molar-refractivity contribution in [3.8, 4) is 0 Å². The Morgan fingerprint density at radius 2 is 1.97 bits per heavy atom. The highest BCUT2D eigenvalue weighted by atomic mass is 32.1. The van der Waals surface area contributed by atoms with Crippen molar-refractivity contribution in [2.75, 3.05) is 13.2 Å². The first kappa shape index (κ1) is 28.5. The number of fused-ring (bicyclic) bond motifs is 1. The van der Waals surface area contributed by atoms with Gasteiger partial charge in [-0.05, 0) is 59.9 Å². The van der Waals surface area contributed by atoms with Crippen molar-refractivity contribution in [2.24, 2.45) is 0 Å². The summed E-state index contributed by atoms with van der Waals surface area (Å²) in [6, 6.07) is 0. The van der Waals surface area contributed by atoms with Crippen LogP contribution in [0.25, 0.3) is 10.2 Å². The lowest BCUT2D eigenvalue weighted by molar-refractivity contribution is -0.129. The summed E-state index contributed by atoms with van der Waals surface area (Å²) in [5, 5.41) is 1.52.